The van der Waals surface area contributed by atoms with E-state index in [1.165, 1.54) is 0 Å². The fourth-order valence-corrected chi connectivity index (χ4v) is 3.66. The maximum absolute atomic E-state index is 12.9. The van der Waals surface area contributed by atoms with E-state index in [0.29, 0.717) is 12.8 Å². The van der Waals surface area contributed by atoms with Crippen molar-refractivity contribution in [1.82, 2.24) is 0 Å². The minimum atomic E-state index is -2.27. The highest BCUT2D eigenvalue weighted by Gasteiger charge is 2.57. The van der Waals surface area contributed by atoms with E-state index in [2.05, 4.69) is 0 Å². The standard InChI is InChI=1S/C27H32O6/c1-25(2,17-21-11-7-5-8-12-21)19-30-23(28)27(32-15-16-33-27)24(29)31-20-26(3,4)18-22-13-9-6-10-14-22/h5-16H,17-20H2,1-4H3. The van der Waals surface area contributed by atoms with Gasteiger partial charge in [0.15, 0.2) is 0 Å². The number of benzene rings is 2. The van der Waals surface area contributed by atoms with Crippen LogP contribution < -0.4 is 0 Å². The van der Waals surface area contributed by atoms with Gasteiger partial charge in [0.05, 0.1) is 13.2 Å². The average molecular weight is 453 g/mol. The molecule has 6 heteroatoms. The molecule has 0 atom stereocenters. The Morgan fingerprint density at radius 1 is 0.697 bits per heavy atom. The van der Waals surface area contributed by atoms with Gasteiger partial charge in [0, 0.05) is 10.8 Å². The second kappa shape index (κ2) is 10.1. The van der Waals surface area contributed by atoms with Gasteiger partial charge < -0.3 is 18.9 Å². The molecule has 0 saturated carbocycles. The fourth-order valence-electron chi connectivity index (χ4n) is 3.66. The van der Waals surface area contributed by atoms with Crippen molar-refractivity contribution in [3.05, 3.63) is 84.3 Å². The van der Waals surface area contributed by atoms with E-state index in [-0.39, 0.29) is 24.0 Å². The summed E-state index contributed by atoms with van der Waals surface area (Å²) in [5.41, 5.74) is 1.55. The summed E-state index contributed by atoms with van der Waals surface area (Å²) >= 11 is 0. The topological polar surface area (TPSA) is 71.1 Å². The molecule has 0 N–H and O–H groups in total. The normalized spacial score (nSPS) is 14.8. The van der Waals surface area contributed by atoms with Gasteiger partial charge in [-0.3, -0.25) is 0 Å². The van der Waals surface area contributed by atoms with Gasteiger partial charge in [-0.2, -0.15) is 0 Å². The molecule has 1 aliphatic heterocycles. The Morgan fingerprint density at radius 2 is 1.06 bits per heavy atom. The first-order valence-corrected chi connectivity index (χ1v) is 11.0. The molecule has 0 amide bonds. The molecule has 0 aliphatic carbocycles. The van der Waals surface area contributed by atoms with E-state index >= 15 is 0 Å². The van der Waals surface area contributed by atoms with Gasteiger partial charge in [-0.05, 0) is 24.0 Å². The van der Waals surface area contributed by atoms with Gasteiger partial charge >= 0.3 is 17.7 Å². The molecule has 1 aliphatic rings. The molecule has 0 bridgehead atoms. The zero-order valence-corrected chi connectivity index (χ0v) is 19.7. The summed E-state index contributed by atoms with van der Waals surface area (Å²) in [6.07, 6.45) is 3.69. The summed E-state index contributed by atoms with van der Waals surface area (Å²) in [5.74, 6) is -4.13. The lowest BCUT2D eigenvalue weighted by Gasteiger charge is -2.29. The lowest BCUT2D eigenvalue weighted by atomic mass is 9.86. The van der Waals surface area contributed by atoms with Crippen molar-refractivity contribution >= 4 is 11.9 Å². The summed E-state index contributed by atoms with van der Waals surface area (Å²) in [7, 11) is 0. The predicted molar refractivity (Wildman–Crippen MR) is 124 cm³/mol. The van der Waals surface area contributed by atoms with Crippen LogP contribution in [0.2, 0.25) is 0 Å². The maximum atomic E-state index is 12.9. The summed E-state index contributed by atoms with van der Waals surface area (Å²) in [5, 5.41) is 0. The molecule has 0 fully saturated rings. The number of ether oxygens (including phenoxy) is 4. The Bertz CT molecular complexity index is 883. The average Bonchev–Trinajstić information content (AvgIpc) is 3.28. The van der Waals surface area contributed by atoms with Crippen molar-refractivity contribution in [2.75, 3.05) is 13.2 Å². The molecule has 3 rings (SSSR count). The molecule has 0 unspecified atom stereocenters. The quantitative estimate of drug-likeness (QED) is 0.380. The molecular weight excluding hydrogens is 420 g/mol. The Kier molecular flexibility index (Phi) is 7.46. The van der Waals surface area contributed by atoms with Crippen LogP contribution in [0, 0.1) is 10.8 Å². The van der Waals surface area contributed by atoms with Gasteiger partial charge in [0.1, 0.15) is 12.5 Å². The number of esters is 2. The lowest BCUT2D eigenvalue weighted by molar-refractivity contribution is -0.220. The SMILES string of the molecule is CC(C)(COC(=O)C1(C(=O)OCC(C)(C)Cc2ccccc2)OC=CO1)Cc1ccccc1. The highest BCUT2D eigenvalue weighted by atomic mass is 16.8. The van der Waals surface area contributed by atoms with E-state index in [9.17, 15) is 9.59 Å². The monoisotopic (exact) mass is 452 g/mol. The van der Waals surface area contributed by atoms with Crippen LogP contribution in [0.15, 0.2) is 73.2 Å². The minimum absolute atomic E-state index is 0.0853. The largest absolute Gasteiger partial charge is 0.459 e. The first kappa shape index (κ1) is 24.4. The lowest BCUT2D eigenvalue weighted by Crippen LogP contribution is -2.51. The molecule has 1 heterocycles. The second-order valence-corrected chi connectivity index (χ2v) is 9.93. The molecule has 0 spiro atoms. The zero-order chi connectivity index (χ0) is 24.0. The van der Waals surface area contributed by atoms with Gasteiger partial charge in [0.2, 0.25) is 0 Å². The number of hydrogen-bond donors (Lipinski definition) is 0. The Morgan fingerprint density at radius 3 is 1.42 bits per heavy atom. The van der Waals surface area contributed by atoms with Crippen LogP contribution in [-0.2, 0) is 41.4 Å². The van der Waals surface area contributed by atoms with Crippen molar-refractivity contribution in [3.8, 4) is 0 Å². The van der Waals surface area contributed by atoms with E-state index < -0.39 is 17.7 Å². The molecule has 2 aromatic rings. The third kappa shape index (κ3) is 6.60. The summed E-state index contributed by atoms with van der Waals surface area (Å²) in [4.78, 5) is 25.8. The molecule has 0 aromatic heterocycles. The van der Waals surface area contributed by atoms with Crippen LogP contribution >= 0.6 is 0 Å². The Hall–Kier alpha value is -3.28. The molecule has 6 nitrogen and oxygen atoms in total. The molecule has 33 heavy (non-hydrogen) atoms. The van der Waals surface area contributed by atoms with E-state index in [1.54, 1.807) is 0 Å². The highest BCUT2D eigenvalue weighted by molar-refractivity contribution is 6.02. The number of carbonyl (C=O) groups excluding carboxylic acids is 2. The summed E-state index contributed by atoms with van der Waals surface area (Å²) < 4.78 is 21.5. The zero-order valence-electron chi connectivity index (χ0n) is 19.7. The smallest absolute Gasteiger partial charge is 0.452 e. The third-order valence-corrected chi connectivity index (χ3v) is 5.30. The Labute approximate surface area is 195 Å². The van der Waals surface area contributed by atoms with Gasteiger partial charge in [-0.15, -0.1) is 0 Å². The fraction of sp³-hybridized carbons (Fsp3) is 0.407. The second-order valence-electron chi connectivity index (χ2n) is 9.93. The van der Waals surface area contributed by atoms with Crippen molar-refractivity contribution in [1.29, 1.82) is 0 Å². The predicted octanol–water partition coefficient (Wildman–Crippen LogP) is 4.82. The summed E-state index contributed by atoms with van der Waals surface area (Å²) in [6, 6.07) is 19.9. The first-order valence-electron chi connectivity index (χ1n) is 11.0. The van der Waals surface area contributed by atoms with Crippen LogP contribution in [0.1, 0.15) is 38.8 Å². The highest BCUT2D eigenvalue weighted by Crippen LogP contribution is 2.29. The van der Waals surface area contributed by atoms with Crippen molar-refractivity contribution in [3.63, 3.8) is 0 Å². The van der Waals surface area contributed by atoms with E-state index in [1.807, 2.05) is 88.4 Å². The number of rotatable bonds is 10. The van der Waals surface area contributed by atoms with Crippen LogP contribution in [0.5, 0.6) is 0 Å². The van der Waals surface area contributed by atoms with Crippen molar-refractivity contribution < 1.29 is 28.5 Å². The number of hydrogen-bond acceptors (Lipinski definition) is 6. The summed E-state index contributed by atoms with van der Waals surface area (Å²) in [6.45, 7) is 8.11. The third-order valence-electron chi connectivity index (χ3n) is 5.30. The van der Waals surface area contributed by atoms with Crippen LogP contribution in [0.4, 0.5) is 0 Å². The number of carbonyl (C=O) groups is 2. The minimum Gasteiger partial charge on any atom is -0.459 e. The first-order chi connectivity index (χ1) is 15.6. The van der Waals surface area contributed by atoms with Crippen LogP contribution in [-0.4, -0.2) is 30.9 Å². The van der Waals surface area contributed by atoms with Crippen LogP contribution in [0.25, 0.3) is 0 Å². The van der Waals surface area contributed by atoms with Gasteiger partial charge in [-0.1, -0.05) is 88.4 Å². The molecule has 2 aromatic carbocycles. The van der Waals surface area contributed by atoms with Gasteiger partial charge in [-0.25, -0.2) is 9.59 Å². The van der Waals surface area contributed by atoms with E-state index in [4.69, 9.17) is 18.9 Å². The molecule has 176 valence electrons. The molecule has 0 radical (unpaired) electrons. The Balaban J connectivity index is 1.59. The van der Waals surface area contributed by atoms with Crippen LogP contribution in [0.3, 0.4) is 0 Å². The maximum Gasteiger partial charge on any atom is 0.452 e. The van der Waals surface area contributed by atoms with Crippen molar-refractivity contribution in [2.24, 2.45) is 10.8 Å². The van der Waals surface area contributed by atoms with Gasteiger partial charge in [0.25, 0.3) is 0 Å². The molecular formula is C27H32O6. The van der Waals surface area contributed by atoms with E-state index in [0.717, 1.165) is 23.7 Å². The van der Waals surface area contributed by atoms with Crippen molar-refractivity contribution in [2.45, 2.75) is 46.3 Å². The molecule has 0 saturated heterocycles.